The third-order valence-electron chi connectivity index (χ3n) is 8.30. The van der Waals surface area contributed by atoms with Crippen LogP contribution in [-0.4, -0.2) is 77.9 Å². The Labute approximate surface area is 201 Å². The van der Waals surface area contributed by atoms with Gasteiger partial charge in [0.2, 0.25) is 5.91 Å². The second-order valence-corrected chi connectivity index (χ2v) is 10.8. The number of alkyl halides is 2. The van der Waals surface area contributed by atoms with Gasteiger partial charge in [-0.3, -0.25) is 9.69 Å². The van der Waals surface area contributed by atoms with Gasteiger partial charge in [-0.05, 0) is 36.9 Å². The minimum Gasteiger partial charge on any atom is -0.389 e. The number of carbonyl (C=O) groups excluding carboxylic acids is 1. The van der Waals surface area contributed by atoms with Crippen molar-refractivity contribution in [1.29, 1.82) is 0 Å². The van der Waals surface area contributed by atoms with Crippen molar-refractivity contribution in [3.63, 3.8) is 0 Å². The number of amides is 1. The number of aromatic nitrogens is 1. The molecule has 1 aromatic heterocycles. The molecule has 6 rings (SSSR count). The quantitative estimate of drug-likeness (QED) is 0.683. The molecule has 4 atom stereocenters. The van der Waals surface area contributed by atoms with Crippen LogP contribution < -0.4 is 10.2 Å². The van der Waals surface area contributed by atoms with Crippen LogP contribution >= 0.6 is 11.6 Å². The lowest BCUT2D eigenvalue weighted by molar-refractivity contribution is -0.118. The maximum atomic E-state index is 13.5. The summed E-state index contributed by atoms with van der Waals surface area (Å²) in [6, 6.07) is 5.60. The Morgan fingerprint density at radius 2 is 1.97 bits per heavy atom. The zero-order valence-corrected chi connectivity index (χ0v) is 19.6. The number of carbonyl (C=O) groups is 1. The van der Waals surface area contributed by atoms with Crippen LogP contribution in [0.2, 0.25) is 5.02 Å². The highest BCUT2D eigenvalue weighted by Crippen LogP contribution is 2.79. The molecule has 2 saturated heterocycles. The first kappa shape index (κ1) is 22.4. The van der Waals surface area contributed by atoms with Gasteiger partial charge in [-0.1, -0.05) is 11.6 Å². The topological polar surface area (TPSA) is 77.9 Å². The first-order valence-corrected chi connectivity index (χ1v) is 12.0. The Morgan fingerprint density at radius 1 is 1.24 bits per heavy atom. The second-order valence-electron chi connectivity index (χ2n) is 10.4. The average Bonchev–Trinajstić information content (AvgIpc) is 3.62. The van der Waals surface area contributed by atoms with Gasteiger partial charge in [-0.2, -0.15) is 0 Å². The van der Waals surface area contributed by atoms with E-state index in [-0.39, 0.29) is 24.3 Å². The van der Waals surface area contributed by atoms with Gasteiger partial charge in [-0.25, -0.2) is 13.8 Å². The van der Waals surface area contributed by atoms with Gasteiger partial charge in [0, 0.05) is 44.2 Å². The largest absolute Gasteiger partial charge is 0.389 e. The predicted molar refractivity (Wildman–Crippen MR) is 125 cm³/mol. The number of fused-ring (bicyclic) bond motifs is 1. The smallest absolute Gasteiger partial charge is 0.255 e. The van der Waals surface area contributed by atoms with E-state index in [1.807, 2.05) is 19.1 Å². The standard InChI is InChI=1S/C24H27ClF2N4O3/c1-22(13-34-11-19(22)32)31-4-2-30(3-5-31)18-7-14-8-20(28-10-15(14)6-17(18)25)29-21(33)16-9-23(16)12-24(23,26)27/h6-8,10,16,19,32H,2-5,9,11-13H2,1H3,(H,28,29,33)/t16-,19+,22-,23+/m1/s1. The average molecular weight is 493 g/mol. The van der Waals surface area contributed by atoms with Gasteiger partial charge in [0.05, 0.1) is 46.9 Å². The number of pyridine rings is 1. The summed E-state index contributed by atoms with van der Waals surface area (Å²) in [5.74, 6) is -3.38. The lowest BCUT2D eigenvalue weighted by atomic mass is 9.95. The van der Waals surface area contributed by atoms with E-state index in [0.717, 1.165) is 42.6 Å². The number of halogens is 3. The van der Waals surface area contributed by atoms with Crippen molar-refractivity contribution in [3.8, 4) is 0 Å². The van der Waals surface area contributed by atoms with E-state index < -0.39 is 23.4 Å². The number of aliphatic hydroxyl groups is 1. The highest BCUT2D eigenvalue weighted by atomic mass is 35.5. The van der Waals surface area contributed by atoms with Crippen molar-refractivity contribution in [1.82, 2.24) is 9.88 Å². The number of piperazine rings is 1. The number of anilines is 2. The second kappa shape index (κ2) is 7.46. The van der Waals surface area contributed by atoms with Crippen molar-refractivity contribution in [2.45, 2.75) is 37.3 Å². The van der Waals surface area contributed by atoms with Crippen molar-refractivity contribution in [3.05, 3.63) is 29.4 Å². The number of aliphatic hydroxyl groups excluding tert-OH is 1. The fourth-order valence-electron chi connectivity index (χ4n) is 5.69. The molecule has 182 valence electrons. The Morgan fingerprint density at radius 3 is 2.59 bits per heavy atom. The molecule has 4 aliphatic rings. The number of hydrogen-bond donors (Lipinski definition) is 2. The number of benzene rings is 1. The molecule has 0 radical (unpaired) electrons. The number of ether oxygens (including phenoxy) is 1. The SMILES string of the molecule is C[C@@]1(N2CCN(c3cc4cc(NC(=O)[C@H]5C[C@]56CC6(F)F)ncc4cc3Cl)CC2)COC[C@@H]1O. The van der Waals surface area contributed by atoms with E-state index in [9.17, 15) is 18.7 Å². The summed E-state index contributed by atoms with van der Waals surface area (Å²) < 4.78 is 32.5. The van der Waals surface area contributed by atoms with E-state index in [1.165, 1.54) is 0 Å². The van der Waals surface area contributed by atoms with Crippen LogP contribution in [-0.2, 0) is 9.53 Å². The molecule has 4 fully saturated rings. The molecule has 2 N–H and O–H groups in total. The molecule has 2 aliphatic carbocycles. The van der Waals surface area contributed by atoms with Gasteiger partial charge in [0.15, 0.2) is 0 Å². The highest BCUT2D eigenvalue weighted by Gasteiger charge is 2.85. The zero-order valence-electron chi connectivity index (χ0n) is 18.9. The molecule has 2 aliphatic heterocycles. The maximum Gasteiger partial charge on any atom is 0.255 e. The summed E-state index contributed by atoms with van der Waals surface area (Å²) in [5.41, 5.74) is -0.582. The van der Waals surface area contributed by atoms with E-state index in [1.54, 1.807) is 12.3 Å². The van der Waals surface area contributed by atoms with Crippen LogP contribution in [0, 0.1) is 11.3 Å². The number of hydrogen-bond acceptors (Lipinski definition) is 6. The van der Waals surface area contributed by atoms with Gasteiger partial charge in [-0.15, -0.1) is 0 Å². The van der Waals surface area contributed by atoms with Crippen LogP contribution in [0.25, 0.3) is 10.8 Å². The summed E-state index contributed by atoms with van der Waals surface area (Å²) in [6.45, 7) is 5.98. The predicted octanol–water partition coefficient (Wildman–Crippen LogP) is 3.14. The van der Waals surface area contributed by atoms with Crippen LogP contribution in [0.4, 0.5) is 20.3 Å². The number of rotatable bonds is 4. The molecule has 10 heteroatoms. The Hall–Kier alpha value is -2.07. The van der Waals surface area contributed by atoms with Crippen molar-refractivity contribution >= 4 is 39.8 Å². The van der Waals surface area contributed by atoms with Gasteiger partial charge in [0.25, 0.3) is 5.92 Å². The minimum atomic E-state index is -2.71. The fourth-order valence-corrected chi connectivity index (χ4v) is 5.98. The fraction of sp³-hybridized carbons (Fsp3) is 0.583. The lowest BCUT2D eigenvalue weighted by Crippen LogP contribution is -2.60. The first-order chi connectivity index (χ1) is 16.1. The van der Waals surface area contributed by atoms with Gasteiger partial charge >= 0.3 is 0 Å². The first-order valence-electron chi connectivity index (χ1n) is 11.7. The van der Waals surface area contributed by atoms with Crippen molar-refractivity contribution in [2.24, 2.45) is 11.3 Å². The highest BCUT2D eigenvalue weighted by molar-refractivity contribution is 6.34. The Kier molecular flexibility index (Phi) is 4.92. The van der Waals surface area contributed by atoms with E-state index in [2.05, 4.69) is 20.1 Å². The van der Waals surface area contributed by atoms with Gasteiger partial charge < -0.3 is 20.1 Å². The molecule has 34 heavy (non-hydrogen) atoms. The minimum absolute atomic E-state index is 0.191. The third-order valence-corrected chi connectivity index (χ3v) is 8.60. The molecule has 1 amide bonds. The molecule has 2 saturated carbocycles. The maximum absolute atomic E-state index is 13.5. The molecule has 7 nitrogen and oxygen atoms in total. The van der Waals surface area contributed by atoms with Crippen molar-refractivity contribution in [2.75, 3.05) is 49.6 Å². The molecular formula is C24H27ClF2N4O3. The van der Waals surface area contributed by atoms with Crippen LogP contribution in [0.15, 0.2) is 24.4 Å². The summed E-state index contributed by atoms with van der Waals surface area (Å²) in [5, 5.41) is 15.4. The molecular weight excluding hydrogens is 466 g/mol. The Balaban J connectivity index is 1.17. The molecule has 1 aromatic carbocycles. The van der Waals surface area contributed by atoms with Crippen LogP contribution in [0.5, 0.6) is 0 Å². The molecule has 2 aromatic rings. The van der Waals surface area contributed by atoms with Crippen molar-refractivity contribution < 1.29 is 23.4 Å². The molecule has 1 spiro atoms. The molecule has 0 bridgehead atoms. The van der Waals surface area contributed by atoms with Crippen LogP contribution in [0.1, 0.15) is 19.8 Å². The lowest BCUT2D eigenvalue weighted by Gasteiger charge is -2.45. The monoisotopic (exact) mass is 492 g/mol. The van der Waals surface area contributed by atoms with E-state index >= 15 is 0 Å². The summed E-state index contributed by atoms with van der Waals surface area (Å²) >= 11 is 6.61. The summed E-state index contributed by atoms with van der Waals surface area (Å²) in [6.07, 6.45) is 1.19. The summed E-state index contributed by atoms with van der Waals surface area (Å²) in [4.78, 5) is 21.2. The van der Waals surface area contributed by atoms with E-state index in [4.69, 9.17) is 16.3 Å². The van der Waals surface area contributed by atoms with Gasteiger partial charge in [0.1, 0.15) is 5.82 Å². The molecule has 3 heterocycles. The molecule has 0 unspecified atom stereocenters. The number of nitrogens with zero attached hydrogens (tertiary/aromatic N) is 3. The van der Waals surface area contributed by atoms with E-state index in [0.29, 0.717) is 24.1 Å². The number of nitrogens with one attached hydrogen (secondary N) is 1. The Bertz CT molecular complexity index is 1170. The normalized spacial score (nSPS) is 34.6. The zero-order chi connectivity index (χ0) is 23.9. The third kappa shape index (κ3) is 3.39. The summed E-state index contributed by atoms with van der Waals surface area (Å²) in [7, 11) is 0. The van der Waals surface area contributed by atoms with Crippen LogP contribution in [0.3, 0.4) is 0 Å².